The minimum absolute atomic E-state index is 0.000848. The third-order valence-corrected chi connectivity index (χ3v) is 2.35. The zero-order chi connectivity index (χ0) is 14.5. The molecule has 106 valence electrons. The number of hydrogen-bond acceptors (Lipinski definition) is 4. The second-order valence-corrected chi connectivity index (χ2v) is 5.09. The standard InChI is InChI=1S/C14H22N2O3/c1-14(2,3)19-8-7-18-11-6-5-10(13(15)16)9-12(11)17-4/h5-6,9H,7-8H2,1-4H3,(H3,15,16). The molecule has 0 aromatic heterocycles. The summed E-state index contributed by atoms with van der Waals surface area (Å²) in [5, 5.41) is 7.38. The number of ether oxygens (including phenoxy) is 3. The number of amidine groups is 1. The summed E-state index contributed by atoms with van der Waals surface area (Å²) in [4.78, 5) is 0. The third kappa shape index (κ3) is 5.18. The summed E-state index contributed by atoms with van der Waals surface area (Å²) in [6.07, 6.45) is 0. The summed E-state index contributed by atoms with van der Waals surface area (Å²) in [7, 11) is 1.55. The van der Waals surface area contributed by atoms with Crippen LogP contribution in [0.15, 0.2) is 18.2 Å². The van der Waals surface area contributed by atoms with Gasteiger partial charge in [-0.05, 0) is 39.0 Å². The molecule has 0 heterocycles. The van der Waals surface area contributed by atoms with Gasteiger partial charge in [-0.2, -0.15) is 0 Å². The van der Waals surface area contributed by atoms with Crippen LogP contribution in [0.5, 0.6) is 11.5 Å². The van der Waals surface area contributed by atoms with E-state index in [1.54, 1.807) is 25.3 Å². The van der Waals surface area contributed by atoms with Gasteiger partial charge in [0.05, 0.1) is 19.3 Å². The largest absolute Gasteiger partial charge is 0.493 e. The molecule has 5 nitrogen and oxygen atoms in total. The zero-order valence-electron chi connectivity index (χ0n) is 11.9. The number of benzene rings is 1. The molecular formula is C14H22N2O3. The van der Waals surface area contributed by atoms with Gasteiger partial charge in [0.1, 0.15) is 12.4 Å². The number of nitrogens with two attached hydrogens (primary N) is 1. The maximum absolute atomic E-state index is 7.38. The Morgan fingerprint density at radius 3 is 2.42 bits per heavy atom. The Hall–Kier alpha value is -1.75. The van der Waals surface area contributed by atoms with Gasteiger partial charge >= 0.3 is 0 Å². The maximum Gasteiger partial charge on any atom is 0.161 e. The number of rotatable bonds is 6. The molecule has 5 heteroatoms. The fourth-order valence-electron chi connectivity index (χ4n) is 1.45. The Morgan fingerprint density at radius 1 is 1.21 bits per heavy atom. The molecule has 0 bridgehead atoms. The van der Waals surface area contributed by atoms with Crippen molar-refractivity contribution in [2.45, 2.75) is 26.4 Å². The van der Waals surface area contributed by atoms with Crippen molar-refractivity contribution in [2.24, 2.45) is 5.73 Å². The maximum atomic E-state index is 7.38. The Balaban J connectivity index is 2.61. The van der Waals surface area contributed by atoms with Gasteiger partial charge in [0.2, 0.25) is 0 Å². The van der Waals surface area contributed by atoms with Crippen LogP contribution in [0.4, 0.5) is 0 Å². The minimum Gasteiger partial charge on any atom is -0.493 e. The van der Waals surface area contributed by atoms with Crippen LogP contribution >= 0.6 is 0 Å². The highest BCUT2D eigenvalue weighted by atomic mass is 16.5. The Kier molecular flexibility index (Phi) is 5.18. The van der Waals surface area contributed by atoms with Crippen molar-refractivity contribution in [3.8, 4) is 11.5 Å². The van der Waals surface area contributed by atoms with E-state index in [1.165, 1.54) is 0 Å². The van der Waals surface area contributed by atoms with E-state index in [1.807, 2.05) is 20.8 Å². The van der Waals surface area contributed by atoms with E-state index in [2.05, 4.69) is 0 Å². The SMILES string of the molecule is COc1cc(C(=N)N)ccc1OCCOC(C)(C)C. The summed E-state index contributed by atoms with van der Waals surface area (Å²) in [6, 6.07) is 5.15. The van der Waals surface area contributed by atoms with Crippen LogP contribution in [0.1, 0.15) is 26.3 Å². The molecule has 0 radical (unpaired) electrons. The lowest BCUT2D eigenvalue weighted by atomic mass is 10.2. The average molecular weight is 266 g/mol. The average Bonchev–Trinajstić information content (AvgIpc) is 2.33. The molecule has 0 unspecified atom stereocenters. The van der Waals surface area contributed by atoms with Crippen molar-refractivity contribution in [3.63, 3.8) is 0 Å². The van der Waals surface area contributed by atoms with Crippen LogP contribution in [-0.2, 0) is 4.74 Å². The molecule has 1 aromatic rings. The Morgan fingerprint density at radius 2 is 1.89 bits per heavy atom. The van der Waals surface area contributed by atoms with E-state index in [4.69, 9.17) is 25.4 Å². The summed E-state index contributed by atoms with van der Waals surface area (Å²) in [5.74, 6) is 1.18. The number of hydrogen-bond donors (Lipinski definition) is 2. The van der Waals surface area contributed by atoms with Gasteiger partial charge in [-0.25, -0.2) is 0 Å². The normalized spacial score (nSPS) is 11.2. The first kappa shape index (κ1) is 15.3. The molecule has 0 atom stereocenters. The summed E-state index contributed by atoms with van der Waals surface area (Å²) in [6.45, 7) is 6.92. The van der Waals surface area contributed by atoms with E-state index in [9.17, 15) is 0 Å². The highest BCUT2D eigenvalue weighted by Gasteiger charge is 2.11. The van der Waals surface area contributed by atoms with Gasteiger partial charge in [0.25, 0.3) is 0 Å². The van der Waals surface area contributed by atoms with E-state index >= 15 is 0 Å². The van der Waals surface area contributed by atoms with Gasteiger partial charge in [-0.3, -0.25) is 5.41 Å². The van der Waals surface area contributed by atoms with Crippen LogP contribution in [0.25, 0.3) is 0 Å². The van der Waals surface area contributed by atoms with Crippen molar-refractivity contribution < 1.29 is 14.2 Å². The first-order valence-corrected chi connectivity index (χ1v) is 6.12. The smallest absolute Gasteiger partial charge is 0.161 e. The molecule has 0 aliphatic heterocycles. The van der Waals surface area contributed by atoms with Crippen molar-refractivity contribution in [1.82, 2.24) is 0 Å². The molecule has 1 rings (SSSR count). The topological polar surface area (TPSA) is 77.6 Å². The highest BCUT2D eigenvalue weighted by molar-refractivity contribution is 5.95. The number of nitrogens with one attached hydrogen (secondary N) is 1. The van der Waals surface area contributed by atoms with Gasteiger partial charge in [-0.1, -0.05) is 0 Å². The third-order valence-electron chi connectivity index (χ3n) is 2.35. The number of methoxy groups -OCH3 is 1. The summed E-state index contributed by atoms with van der Waals surface area (Å²) < 4.78 is 16.4. The molecule has 0 aliphatic rings. The van der Waals surface area contributed by atoms with Crippen LogP contribution in [0, 0.1) is 5.41 Å². The Bertz CT molecular complexity index is 439. The lowest BCUT2D eigenvalue weighted by Gasteiger charge is -2.20. The zero-order valence-corrected chi connectivity index (χ0v) is 11.9. The van der Waals surface area contributed by atoms with Crippen molar-refractivity contribution in [1.29, 1.82) is 5.41 Å². The van der Waals surface area contributed by atoms with Crippen molar-refractivity contribution in [3.05, 3.63) is 23.8 Å². The van der Waals surface area contributed by atoms with Gasteiger partial charge < -0.3 is 19.9 Å². The van der Waals surface area contributed by atoms with Crippen molar-refractivity contribution >= 4 is 5.84 Å². The van der Waals surface area contributed by atoms with Crippen LogP contribution in [0.3, 0.4) is 0 Å². The van der Waals surface area contributed by atoms with E-state index in [0.717, 1.165) is 0 Å². The van der Waals surface area contributed by atoms with Gasteiger partial charge in [-0.15, -0.1) is 0 Å². The number of nitrogen functional groups attached to an aromatic ring is 1. The molecule has 0 fully saturated rings. The van der Waals surface area contributed by atoms with Crippen LogP contribution in [0.2, 0.25) is 0 Å². The van der Waals surface area contributed by atoms with Gasteiger partial charge in [0, 0.05) is 5.56 Å². The monoisotopic (exact) mass is 266 g/mol. The van der Waals surface area contributed by atoms with Crippen LogP contribution in [-0.4, -0.2) is 31.8 Å². The lowest BCUT2D eigenvalue weighted by Crippen LogP contribution is -2.22. The van der Waals surface area contributed by atoms with E-state index < -0.39 is 0 Å². The Labute approximate surface area is 114 Å². The van der Waals surface area contributed by atoms with Crippen molar-refractivity contribution in [2.75, 3.05) is 20.3 Å². The minimum atomic E-state index is -0.175. The summed E-state index contributed by atoms with van der Waals surface area (Å²) in [5.41, 5.74) is 5.86. The molecule has 19 heavy (non-hydrogen) atoms. The van der Waals surface area contributed by atoms with Crippen LogP contribution < -0.4 is 15.2 Å². The second kappa shape index (κ2) is 6.43. The fraction of sp³-hybridized carbons (Fsp3) is 0.500. The summed E-state index contributed by atoms with van der Waals surface area (Å²) >= 11 is 0. The van der Waals surface area contributed by atoms with E-state index in [0.29, 0.717) is 30.3 Å². The molecule has 1 aromatic carbocycles. The fourth-order valence-corrected chi connectivity index (χ4v) is 1.45. The molecule has 0 saturated carbocycles. The molecule has 0 saturated heterocycles. The first-order chi connectivity index (χ1) is 8.83. The quantitative estimate of drug-likeness (QED) is 0.470. The lowest BCUT2D eigenvalue weighted by molar-refractivity contribution is -0.0165. The molecule has 0 amide bonds. The molecule has 3 N–H and O–H groups in total. The molecular weight excluding hydrogens is 244 g/mol. The highest BCUT2D eigenvalue weighted by Crippen LogP contribution is 2.27. The molecule has 0 aliphatic carbocycles. The second-order valence-electron chi connectivity index (χ2n) is 5.09. The predicted molar refractivity (Wildman–Crippen MR) is 75.2 cm³/mol. The first-order valence-electron chi connectivity index (χ1n) is 6.12. The molecule has 0 spiro atoms. The predicted octanol–water partition coefficient (Wildman–Crippen LogP) is 2.17. The van der Waals surface area contributed by atoms with E-state index in [-0.39, 0.29) is 11.4 Å². The van der Waals surface area contributed by atoms with Gasteiger partial charge in [0.15, 0.2) is 11.5 Å².